The van der Waals surface area contributed by atoms with Crippen molar-refractivity contribution >= 4 is 29.2 Å². The van der Waals surface area contributed by atoms with Gasteiger partial charge in [0.05, 0.1) is 0 Å². The molecule has 0 saturated carbocycles. The topological polar surface area (TPSA) is 51.2 Å². The van der Waals surface area contributed by atoms with Crippen LogP contribution in [0.2, 0.25) is 0 Å². The molecule has 0 fully saturated rings. The van der Waals surface area contributed by atoms with Crippen LogP contribution in [0.3, 0.4) is 0 Å². The maximum Gasteiger partial charge on any atom is 0.422 e. The maximum absolute atomic E-state index is 11.7. The molecule has 1 amide bonds. The number of carbonyl (C=O) groups is 1. The van der Waals surface area contributed by atoms with Gasteiger partial charge in [0, 0.05) is 23.9 Å². The summed E-state index contributed by atoms with van der Waals surface area (Å²) in [6.45, 7) is -1.35. The van der Waals surface area contributed by atoms with Crippen LogP contribution in [0.25, 0.3) is 0 Å². The van der Waals surface area contributed by atoms with Crippen LogP contribution in [0, 0.1) is 0 Å². The van der Waals surface area contributed by atoms with E-state index in [1.807, 2.05) is 5.38 Å². The summed E-state index contributed by atoms with van der Waals surface area (Å²) in [6, 6.07) is 0. The third kappa shape index (κ3) is 7.05. The van der Waals surface area contributed by atoms with E-state index in [0.29, 0.717) is 5.75 Å². The number of hydrogen-bond donors (Lipinski definition) is 1. The highest BCUT2D eigenvalue weighted by Gasteiger charge is 2.29. The van der Waals surface area contributed by atoms with E-state index in [9.17, 15) is 18.0 Å². The number of alkyl halides is 3. The van der Waals surface area contributed by atoms with Crippen molar-refractivity contribution in [3.05, 3.63) is 11.6 Å². The fourth-order valence-corrected chi connectivity index (χ4v) is 2.33. The fraction of sp³-hybridized carbons (Fsp3) is 0.500. The minimum atomic E-state index is -4.49. The van der Waals surface area contributed by atoms with E-state index in [1.54, 1.807) is 6.20 Å². The Kier molecular flexibility index (Phi) is 5.56. The predicted octanol–water partition coefficient (Wildman–Crippen LogP) is 2.52. The third-order valence-corrected chi connectivity index (χ3v) is 3.34. The highest BCUT2D eigenvalue weighted by molar-refractivity contribution is 8.01. The first-order valence-electron chi connectivity index (χ1n) is 4.47. The Balaban J connectivity index is 2.04. The largest absolute Gasteiger partial charge is 0.440 e. The summed E-state index contributed by atoms with van der Waals surface area (Å²) < 4.78 is 39.8. The molecule has 0 spiro atoms. The van der Waals surface area contributed by atoms with E-state index in [0.717, 1.165) is 4.34 Å². The van der Waals surface area contributed by atoms with Crippen LogP contribution in [0.1, 0.15) is 0 Å². The zero-order valence-corrected chi connectivity index (χ0v) is 10.1. The summed E-state index contributed by atoms with van der Waals surface area (Å²) in [5.41, 5.74) is 0. The van der Waals surface area contributed by atoms with Crippen molar-refractivity contribution < 1.29 is 22.7 Å². The Hall–Kier alpha value is -0.960. The Morgan fingerprint density at radius 3 is 2.94 bits per heavy atom. The molecule has 0 radical (unpaired) electrons. The van der Waals surface area contributed by atoms with E-state index < -0.39 is 18.9 Å². The Morgan fingerprint density at radius 2 is 2.35 bits per heavy atom. The lowest BCUT2D eigenvalue weighted by Gasteiger charge is -2.08. The van der Waals surface area contributed by atoms with Crippen molar-refractivity contribution in [2.24, 2.45) is 0 Å². The number of aromatic nitrogens is 1. The number of nitrogens with zero attached hydrogens (tertiary/aromatic N) is 1. The molecule has 0 aliphatic rings. The molecule has 1 heterocycles. The van der Waals surface area contributed by atoms with Gasteiger partial charge in [-0.15, -0.1) is 11.3 Å². The molecule has 1 aromatic heterocycles. The number of hydrogen-bond acceptors (Lipinski definition) is 5. The quantitative estimate of drug-likeness (QED) is 0.667. The van der Waals surface area contributed by atoms with Gasteiger partial charge in [0.2, 0.25) is 0 Å². The second kappa shape index (κ2) is 6.70. The zero-order valence-electron chi connectivity index (χ0n) is 8.49. The van der Waals surface area contributed by atoms with Crippen molar-refractivity contribution in [2.75, 3.05) is 18.9 Å². The van der Waals surface area contributed by atoms with Crippen molar-refractivity contribution in [1.82, 2.24) is 10.3 Å². The molecule has 0 saturated heterocycles. The van der Waals surface area contributed by atoms with Crippen LogP contribution >= 0.6 is 23.1 Å². The molecule has 17 heavy (non-hydrogen) atoms. The number of ether oxygens (including phenoxy) is 1. The molecule has 0 aromatic carbocycles. The molecule has 0 aliphatic heterocycles. The number of carbonyl (C=O) groups excluding carboxylic acids is 1. The third-order valence-electron chi connectivity index (χ3n) is 1.37. The number of thiazole rings is 1. The standard InChI is InChI=1S/C8H9F3N2O2S2/c9-8(10,11)5-15-6(14)12-1-3-16-7-13-2-4-17-7/h2,4H,1,3,5H2,(H,12,14). The highest BCUT2D eigenvalue weighted by atomic mass is 32.2. The molecule has 1 N–H and O–H groups in total. The SMILES string of the molecule is O=C(NCCSc1nccs1)OCC(F)(F)F. The van der Waals surface area contributed by atoms with Crippen LogP contribution in [0.15, 0.2) is 15.9 Å². The number of nitrogens with one attached hydrogen (secondary N) is 1. The van der Waals surface area contributed by atoms with Crippen LogP contribution in [0.5, 0.6) is 0 Å². The fourth-order valence-electron chi connectivity index (χ4n) is 0.771. The lowest BCUT2D eigenvalue weighted by molar-refractivity contribution is -0.160. The second-order valence-electron chi connectivity index (χ2n) is 2.76. The molecule has 0 bridgehead atoms. The average molecular weight is 286 g/mol. The second-order valence-corrected chi connectivity index (χ2v) is 5.00. The Bertz CT molecular complexity index is 343. The summed E-state index contributed by atoms with van der Waals surface area (Å²) in [5, 5.41) is 4.03. The first kappa shape index (κ1) is 14.1. The molecule has 9 heteroatoms. The first-order chi connectivity index (χ1) is 7.97. The first-order valence-corrected chi connectivity index (χ1v) is 6.33. The molecule has 1 rings (SSSR count). The number of alkyl carbamates (subject to hydrolysis) is 1. The summed E-state index contributed by atoms with van der Waals surface area (Å²) in [7, 11) is 0. The van der Waals surface area contributed by atoms with Gasteiger partial charge in [0.25, 0.3) is 0 Å². The van der Waals surface area contributed by atoms with Gasteiger partial charge >= 0.3 is 12.3 Å². The minimum absolute atomic E-state index is 0.223. The number of halogens is 3. The van der Waals surface area contributed by atoms with Gasteiger partial charge in [-0.2, -0.15) is 13.2 Å². The van der Waals surface area contributed by atoms with Gasteiger partial charge in [-0.05, 0) is 0 Å². The average Bonchev–Trinajstić information content (AvgIpc) is 2.73. The van der Waals surface area contributed by atoms with E-state index in [1.165, 1.54) is 23.1 Å². The highest BCUT2D eigenvalue weighted by Crippen LogP contribution is 2.19. The molecule has 4 nitrogen and oxygen atoms in total. The monoisotopic (exact) mass is 286 g/mol. The van der Waals surface area contributed by atoms with Crippen molar-refractivity contribution in [3.63, 3.8) is 0 Å². The lowest BCUT2D eigenvalue weighted by atomic mass is 10.7. The molecular formula is C8H9F3N2O2S2. The number of rotatable bonds is 5. The smallest absolute Gasteiger partial charge is 0.422 e. The van der Waals surface area contributed by atoms with Crippen LogP contribution in [-0.2, 0) is 4.74 Å². The zero-order chi connectivity index (χ0) is 12.7. The maximum atomic E-state index is 11.7. The van der Waals surface area contributed by atoms with E-state index in [-0.39, 0.29) is 6.54 Å². The van der Waals surface area contributed by atoms with Crippen molar-refractivity contribution in [3.8, 4) is 0 Å². The number of thioether (sulfide) groups is 1. The summed E-state index contributed by atoms with van der Waals surface area (Å²) in [6.07, 6.45) is -3.91. The Morgan fingerprint density at radius 1 is 1.59 bits per heavy atom. The summed E-state index contributed by atoms with van der Waals surface area (Å²) in [4.78, 5) is 14.8. The van der Waals surface area contributed by atoms with Crippen LogP contribution in [-0.4, -0.2) is 36.2 Å². The molecule has 0 atom stereocenters. The van der Waals surface area contributed by atoms with Gasteiger partial charge in [-0.25, -0.2) is 9.78 Å². The molecule has 1 aromatic rings. The Labute approximate surface area is 104 Å². The van der Waals surface area contributed by atoms with Gasteiger partial charge in [0.15, 0.2) is 6.61 Å². The molecule has 0 unspecified atom stereocenters. The molecule has 0 aliphatic carbocycles. The molecular weight excluding hydrogens is 277 g/mol. The summed E-state index contributed by atoms with van der Waals surface area (Å²) in [5.74, 6) is 0.522. The van der Waals surface area contributed by atoms with Crippen LogP contribution < -0.4 is 5.32 Å². The van der Waals surface area contributed by atoms with Crippen molar-refractivity contribution in [2.45, 2.75) is 10.5 Å². The minimum Gasteiger partial charge on any atom is -0.440 e. The normalized spacial score (nSPS) is 11.2. The summed E-state index contributed by atoms with van der Waals surface area (Å²) >= 11 is 2.86. The van der Waals surface area contributed by atoms with Gasteiger partial charge in [0.1, 0.15) is 4.34 Å². The number of amides is 1. The van der Waals surface area contributed by atoms with Crippen molar-refractivity contribution in [1.29, 1.82) is 0 Å². The predicted molar refractivity (Wildman–Crippen MR) is 58.2 cm³/mol. The van der Waals surface area contributed by atoms with Gasteiger partial charge in [-0.1, -0.05) is 11.8 Å². The van der Waals surface area contributed by atoms with E-state index in [4.69, 9.17) is 0 Å². The van der Waals surface area contributed by atoms with Gasteiger partial charge < -0.3 is 10.1 Å². The van der Waals surface area contributed by atoms with E-state index >= 15 is 0 Å². The van der Waals surface area contributed by atoms with Gasteiger partial charge in [-0.3, -0.25) is 0 Å². The molecule has 96 valence electrons. The van der Waals surface area contributed by atoms with E-state index in [2.05, 4.69) is 15.0 Å². The van der Waals surface area contributed by atoms with Crippen LogP contribution in [0.4, 0.5) is 18.0 Å². The lowest BCUT2D eigenvalue weighted by Crippen LogP contribution is -2.30.